The minimum Gasteiger partial charge on any atom is -0.166 e. The predicted molar refractivity (Wildman–Crippen MR) is 82.4 cm³/mol. The van der Waals surface area contributed by atoms with Crippen LogP contribution in [-0.2, 0) is 23.2 Å². The fourth-order valence-corrected chi connectivity index (χ4v) is 1.80. The zero-order valence-electron chi connectivity index (χ0n) is 12.1. The van der Waals surface area contributed by atoms with Gasteiger partial charge in [-0.2, -0.15) is 13.2 Å². The van der Waals surface area contributed by atoms with Crippen LogP contribution in [0, 0.1) is 63.7 Å². The van der Waals surface area contributed by atoms with Gasteiger partial charge in [0.1, 0.15) is 0 Å². The maximum absolute atomic E-state index is 12.3. The fourth-order valence-electron chi connectivity index (χ4n) is 1.80. The molecule has 118 valence electrons. The van der Waals surface area contributed by atoms with Crippen LogP contribution in [0.2, 0.25) is 0 Å². The van der Waals surface area contributed by atoms with Gasteiger partial charge in [-0.1, -0.05) is 24.3 Å². The molecule has 1 aromatic rings. The SMILES string of the molecule is FC(F)(F)c1ccc(/C=C/[C]2[CH][CH][CH][CH]2)cc1.[CH]1[CH][CH][CH][CH]1.[Fe+2]. The quantitative estimate of drug-likeness (QED) is 0.644. The molecule has 2 aliphatic carbocycles. The summed E-state index contributed by atoms with van der Waals surface area (Å²) in [5, 5.41) is 0. The summed E-state index contributed by atoms with van der Waals surface area (Å²) in [6.07, 6.45) is 17.1. The maximum Gasteiger partial charge on any atom is 2.00 e. The summed E-state index contributed by atoms with van der Waals surface area (Å²) < 4.78 is 36.9. The molecule has 0 aliphatic heterocycles. The molecule has 0 unspecified atom stereocenters. The number of hydrogen-bond donors (Lipinski definition) is 0. The molecule has 0 amide bonds. The Morgan fingerprint density at radius 2 is 1.13 bits per heavy atom. The Hall–Kier alpha value is -0.731. The second-order valence-electron chi connectivity index (χ2n) is 4.63. The summed E-state index contributed by atoms with van der Waals surface area (Å²) in [6, 6.07) is 5.10. The summed E-state index contributed by atoms with van der Waals surface area (Å²) in [6.45, 7) is 0. The summed E-state index contributed by atoms with van der Waals surface area (Å²) in [7, 11) is 0. The smallest absolute Gasteiger partial charge is 0.166 e. The third-order valence-electron chi connectivity index (χ3n) is 2.95. The van der Waals surface area contributed by atoms with Gasteiger partial charge in [-0.25, -0.2) is 0 Å². The van der Waals surface area contributed by atoms with Gasteiger partial charge >= 0.3 is 23.2 Å². The molecule has 1 aromatic carbocycles. The van der Waals surface area contributed by atoms with E-state index in [1.165, 1.54) is 12.1 Å². The third-order valence-corrected chi connectivity index (χ3v) is 2.95. The average molecular weight is 356 g/mol. The Balaban J connectivity index is 0.000000377. The van der Waals surface area contributed by atoms with Crippen molar-refractivity contribution in [2.45, 2.75) is 6.18 Å². The van der Waals surface area contributed by atoms with Crippen molar-refractivity contribution in [1.82, 2.24) is 0 Å². The standard InChI is InChI=1S/C14H10F3.C5H5.Fe/c15-14(16,17)13-9-7-12(8-10-13)6-5-11-3-1-2-4-11;1-2-4-5-3-1;/h1-10H;1-5H;/q;;+2/b6-5+;;. The molecule has 2 saturated carbocycles. The Bertz CT molecular complexity index is 445. The zero-order valence-corrected chi connectivity index (χ0v) is 13.3. The molecule has 0 saturated heterocycles. The molecule has 0 N–H and O–H groups in total. The third kappa shape index (κ3) is 7.58. The molecule has 3 rings (SSSR count). The largest absolute Gasteiger partial charge is 2.00 e. The van der Waals surface area contributed by atoms with Crippen LogP contribution < -0.4 is 0 Å². The van der Waals surface area contributed by atoms with Gasteiger partial charge in [0.2, 0.25) is 0 Å². The van der Waals surface area contributed by atoms with E-state index >= 15 is 0 Å². The van der Waals surface area contributed by atoms with Crippen LogP contribution in [0.4, 0.5) is 13.2 Å². The van der Waals surface area contributed by atoms with E-state index in [0.29, 0.717) is 0 Å². The number of benzene rings is 1. The van der Waals surface area contributed by atoms with Crippen molar-refractivity contribution < 1.29 is 30.2 Å². The van der Waals surface area contributed by atoms with Gasteiger partial charge in [0.25, 0.3) is 0 Å². The van der Waals surface area contributed by atoms with E-state index in [2.05, 4.69) is 0 Å². The van der Waals surface area contributed by atoms with Crippen molar-refractivity contribution in [3.63, 3.8) is 0 Å². The second-order valence-corrected chi connectivity index (χ2v) is 4.63. The van der Waals surface area contributed by atoms with Gasteiger partial charge in [-0.15, -0.1) is 0 Å². The molecule has 0 spiro atoms. The molecule has 0 atom stereocenters. The van der Waals surface area contributed by atoms with Crippen LogP contribution in [0.5, 0.6) is 0 Å². The first-order chi connectivity index (χ1) is 10.6. The topological polar surface area (TPSA) is 0 Å². The van der Waals surface area contributed by atoms with E-state index in [9.17, 15) is 13.2 Å². The Morgan fingerprint density at radius 1 is 0.652 bits per heavy atom. The number of rotatable bonds is 2. The Kier molecular flexibility index (Phi) is 9.01. The van der Waals surface area contributed by atoms with Crippen LogP contribution in [0.15, 0.2) is 30.3 Å². The van der Waals surface area contributed by atoms with Crippen LogP contribution in [-0.4, -0.2) is 0 Å². The Labute approximate surface area is 148 Å². The zero-order chi connectivity index (χ0) is 15.8. The van der Waals surface area contributed by atoms with Gasteiger partial charge in [-0.05, 0) is 75.5 Å². The van der Waals surface area contributed by atoms with Crippen LogP contribution in [0.3, 0.4) is 0 Å². The summed E-state index contributed by atoms with van der Waals surface area (Å²) in [4.78, 5) is 0. The maximum atomic E-state index is 12.3. The van der Waals surface area contributed by atoms with Gasteiger partial charge in [0.15, 0.2) is 0 Å². The molecule has 4 heteroatoms. The van der Waals surface area contributed by atoms with E-state index < -0.39 is 11.7 Å². The number of alkyl halides is 3. The van der Waals surface area contributed by atoms with Gasteiger partial charge < -0.3 is 0 Å². The molecule has 23 heavy (non-hydrogen) atoms. The summed E-state index contributed by atoms with van der Waals surface area (Å²) >= 11 is 0. The molecule has 0 aromatic heterocycles. The predicted octanol–water partition coefficient (Wildman–Crippen LogP) is 5.14. The molecule has 0 nitrogen and oxygen atoms in total. The van der Waals surface area contributed by atoms with Crippen molar-refractivity contribution in [3.8, 4) is 0 Å². The summed E-state index contributed by atoms with van der Waals surface area (Å²) in [5.41, 5.74) is 0.127. The molecule has 2 aliphatic rings. The number of hydrogen-bond acceptors (Lipinski definition) is 0. The van der Waals surface area contributed by atoms with E-state index in [4.69, 9.17) is 0 Å². The molecule has 0 bridgehead atoms. The van der Waals surface area contributed by atoms with Crippen LogP contribution in [0.1, 0.15) is 11.1 Å². The summed E-state index contributed by atoms with van der Waals surface area (Å²) in [5.74, 6) is 1.03. The van der Waals surface area contributed by atoms with Crippen molar-refractivity contribution >= 4 is 6.08 Å². The molecular weight excluding hydrogens is 341 g/mol. The minimum atomic E-state index is -4.27. The van der Waals surface area contributed by atoms with Crippen LogP contribution >= 0.6 is 0 Å². The minimum absolute atomic E-state index is 0. The van der Waals surface area contributed by atoms with E-state index in [1.807, 2.05) is 63.9 Å². The molecular formula is C19H15F3Fe+2. The van der Waals surface area contributed by atoms with Crippen LogP contribution in [0.25, 0.3) is 6.08 Å². The number of halogens is 3. The van der Waals surface area contributed by atoms with Gasteiger partial charge in [0.05, 0.1) is 5.56 Å². The normalized spacial score (nSPS) is 18.6. The van der Waals surface area contributed by atoms with Crippen molar-refractivity contribution in [1.29, 1.82) is 0 Å². The van der Waals surface area contributed by atoms with Crippen molar-refractivity contribution in [2.75, 3.05) is 0 Å². The molecule has 10 radical (unpaired) electrons. The fraction of sp³-hybridized carbons (Fsp3) is 0.0526. The molecule has 2 fully saturated rings. The first kappa shape index (κ1) is 20.3. The first-order valence-corrected chi connectivity index (χ1v) is 6.79. The number of allylic oxidation sites excluding steroid dienone is 1. The van der Waals surface area contributed by atoms with E-state index in [1.54, 1.807) is 6.08 Å². The average Bonchev–Trinajstić information content (AvgIpc) is 3.20. The molecule has 0 heterocycles. The van der Waals surface area contributed by atoms with Gasteiger partial charge in [-0.3, -0.25) is 0 Å². The first-order valence-electron chi connectivity index (χ1n) is 6.79. The second kappa shape index (κ2) is 10.2. The van der Waals surface area contributed by atoms with Crippen molar-refractivity contribution in [2.24, 2.45) is 0 Å². The van der Waals surface area contributed by atoms with E-state index in [-0.39, 0.29) is 17.1 Å². The van der Waals surface area contributed by atoms with E-state index in [0.717, 1.165) is 23.6 Å². The monoisotopic (exact) mass is 356 g/mol. The van der Waals surface area contributed by atoms with Crippen molar-refractivity contribution in [3.05, 3.63) is 105 Å². The Morgan fingerprint density at radius 3 is 1.57 bits per heavy atom. The van der Waals surface area contributed by atoms with Gasteiger partial charge in [0, 0.05) is 5.92 Å².